The Kier molecular flexibility index (Phi) is 5.22. The van der Waals surface area contributed by atoms with E-state index in [-0.39, 0.29) is 5.82 Å². The molecule has 2 N–H and O–H groups in total. The van der Waals surface area contributed by atoms with E-state index in [1.165, 1.54) is 17.2 Å². The average molecular weight is 406 g/mol. The number of hydrogen-bond donors (Lipinski definition) is 1. The number of imidazole rings is 1. The van der Waals surface area contributed by atoms with Gasteiger partial charge in [0, 0.05) is 10.6 Å². The summed E-state index contributed by atoms with van der Waals surface area (Å²) in [4.78, 5) is 11.9. The second-order valence-corrected chi connectivity index (χ2v) is 6.42. The van der Waals surface area contributed by atoms with Crippen molar-refractivity contribution in [2.24, 2.45) is 0 Å². The van der Waals surface area contributed by atoms with Gasteiger partial charge in [-0.15, -0.1) is 0 Å². The van der Waals surface area contributed by atoms with Gasteiger partial charge in [-0.2, -0.15) is 0 Å². The SMILES string of the molecule is Nc1ncnc2c1ncn2[C@@H]1O[C@H](OCO[P+](=O)Oc2ccccc2)C=C1F. The van der Waals surface area contributed by atoms with E-state index in [0.29, 0.717) is 16.9 Å². The fraction of sp³-hybridized carbons (Fsp3) is 0.188. The normalized spacial score (nSPS) is 19.6. The number of para-hydroxylation sites is 1. The molecule has 0 radical (unpaired) electrons. The molecule has 3 aromatic rings. The number of rotatable bonds is 7. The van der Waals surface area contributed by atoms with Gasteiger partial charge in [-0.05, 0) is 12.1 Å². The first-order valence-electron chi connectivity index (χ1n) is 8.02. The molecule has 0 fully saturated rings. The molecule has 1 unspecified atom stereocenters. The molecular formula is C16H14FN5O5P+. The van der Waals surface area contributed by atoms with Crippen molar-refractivity contribution in [3.05, 3.63) is 54.9 Å². The summed E-state index contributed by atoms with van der Waals surface area (Å²) in [5, 5.41) is 0. The van der Waals surface area contributed by atoms with E-state index in [9.17, 15) is 8.96 Å². The van der Waals surface area contributed by atoms with Gasteiger partial charge in [-0.1, -0.05) is 22.7 Å². The minimum Gasteiger partial charge on any atom is -0.382 e. The Hall–Kier alpha value is -2.98. The minimum absolute atomic E-state index is 0.176. The maximum Gasteiger partial charge on any atom is 0.752 e. The molecular weight excluding hydrogens is 392 g/mol. The lowest BCUT2D eigenvalue weighted by Gasteiger charge is -2.15. The second-order valence-electron chi connectivity index (χ2n) is 5.53. The Bertz CT molecular complexity index is 1030. The highest BCUT2D eigenvalue weighted by Crippen LogP contribution is 2.33. The van der Waals surface area contributed by atoms with Crippen molar-refractivity contribution in [1.82, 2.24) is 19.5 Å². The third kappa shape index (κ3) is 3.82. The summed E-state index contributed by atoms with van der Waals surface area (Å²) in [6.45, 7) is -0.428. The lowest BCUT2D eigenvalue weighted by Crippen LogP contribution is -2.17. The van der Waals surface area contributed by atoms with E-state index in [1.807, 2.05) is 0 Å². The smallest absolute Gasteiger partial charge is 0.382 e. The van der Waals surface area contributed by atoms with Crippen LogP contribution in [0.2, 0.25) is 0 Å². The number of fused-ring (bicyclic) bond motifs is 1. The van der Waals surface area contributed by atoms with Gasteiger partial charge < -0.3 is 15.2 Å². The summed E-state index contributed by atoms with van der Waals surface area (Å²) in [7, 11) is -2.45. The van der Waals surface area contributed by atoms with E-state index < -0.39 is 33.4 Å². The largest absolute Gasteiger partial charge is 0.752 e. The first kappa shape index (κ1) is 18.4. The molecule has 12 heteroatoms. The number of nitrogens with zero attached hydrogens (tertiary/aromatic N) is 4. The second kappa shape index (κ2) is 7.95. The van der Waals surface area contributed by atoms with Crippen LogP contribution in [-0.2, 0) is 18.6 Å². The standard InChI is InChI=1S/C16H14FN5O5P/c17-11-6-12(24-9-25-28(23)27-10-4-2-1-3-5-10)26-16(11)22-8-21-13-14(18)19-7-20-15(13)22/h1-8,12,16H,9H2,(H2,18,19,20)/q+1/t12-,16+/m0/s1. The van der Waals surface area contributed by atoms with Crippen LogP contribution in [0.4, 0.5) is 10.2 Å². The van der Waals surface area contributed by atoms with Crippen molar-refractivity contribution in [2.45, 2.75) is 12.5 Å². The lowest BCUT2D eigenvalue weighted by atomic mass is 10.3. The van der Waals surface area contributed by atoms with Crippen molar-refractivity contribution in [1.29, 1.82) is 0 Å². The van der Waals surface area contributed by atoms with Gasteiger partial charge in [-0.3, -0.25) is 4.57 Å². The number of hydrogen-bond acceptors (Lipinski definition) is 9. The maximum absolute atomic E-state index is 14.3. The van der Waals surface area contributed by atoms with Gasteiger partial charge in [0.05, 0.1) is 6.33 Å². The quantitative estimate of drug-likeness (QED) is 0.466. The fourth-order valence-corrected chi connectivity index (χ4v) is 3.00. The van der Waals surface area contributed by atoms with E-state index >= 15 is 0 Å². The molecule has 1 aliphatic heterocycles. The molecule has 0 amide bonds. The zero-order chi connectivity index (χ0) is 19.5. The molecule has 28 heavy (non-hydrogen) atoms. The summed E-state index contributed by atoms with van der Waals surface area (Å²) in [5.41, 5.74) is 6.37. The molecule has 0 bridgehead atoms. The molecule has 3 heterocycles. The van der Waals surface area contributed by atoms with Crippen LogP contribution in [0.25, 0.3) is 11.2 Å². The van der Waals surface area contributed by atoms with Gasteiger partial charge >= 0.3 is 8.25 Å². The average Bonchev–Trinajstić information content (AvgIpc) is 3.26. The Morgan fingerprint density at radius 3 is 2.89 bits per heavy atom. The van der Waals surface area contributed by atoms with E-state index in [0.717, 1.165) is 6.08 Å². The van der Waals surface area contributed by atoms with Crippen molar-refractivity contribution in [3.8, 4) is 5.75 Å². The molecule has 0 aliphatic carbocycles. The highest BCUT2D eigenvalue weighted by Gasteiger charge is 2.32. The molecule has 3 atom stereocenters. The molecule has 1 aliphatic rings. The molecule has 4 rings (SSSR count). The highest BCUT2D eigenvalue weighted by molar-refractivity contribution is 7.33. The number of anilines is 1. The first-order chi connectivity index (χ1) is 13.6. The number of halogens is 1. The topological polar surface area (TPSA) is 124 Å². The predicted molar refractivity (Wildman–Crippen MR) is 94.5 cm³/mol. The summed E-state index contributed by atoms with van der Waals surface area (Å²) in [6.07, 6.45) is 1.53. The van der Waals surface area contributed by atoms with E-state index in [4.69, 9.17) is 24.3 Å². The fourth-order valence-electron chi connectivity index (χ4n) is 2.51. The summed E-state index contributed by atoms with van der Waals surface area (Å²) >= 11 is 0. The van der Waals surface area contributed by atoms with Crippen LogP contribution in [-0.4, -0.2) is 32.6 Å². The summed E-state index contributed by atoms with van der Waals surface area (Å²) in [5.74, 6) is -0.0408. The molecule has 10 nitrogen and oxygen atoms in total. The van der Waals surface area contributed by atoms with Gasteiger partial charge in [-0.25, -0.2) is 23.9 Å². The van der Waals surface area contributed by atoms with Crippen LogP contribution in [0.3, 0.4) is 0 Å². The summed E-state index contributed by atoms with van der Waals surface area (Å²) in [6, 6.07) is 8.52. The number of benzene rings is 1. The number of nitrogen functional groups attached to an aromatic ring is 1. The number of nitrogens with two attached hydrogens (primary N) is 1. The van der Waals surface area contributed by atoms with E-state index in [1.54, 1.807) is 30.3 Å². The highest BCUT2D eigenvalue weighted by atomic mass is 31.1. The Balaban J connectivity index is 1.33. The predicted octanol–water partition coefficient (Wildman–Crippen LogP) is 2.84. The monoisotopic (exact) mass is 406 g/mol. The maximum atomic E-state index is 14.3. The molecule has 0 saturated carbocycles. The van der Waals surface area contributed by atoms with Gasteiger partial charge in [0.2, 0.25) is 6.79 Å². The Labute approximate surface area is 158 Å². The van der Waals surface area contributed by atoms with Gasteiger partial charge in [0.15, 0.2) is 35.6 Å². The van der Waals surface area contributed by atoms with Gasteiger partial charge in [0.25, 0.3) is 0 Å². The Morgan fingerprint density at radius 2 is 2.07 bits per heavy atom. The molecule has 144 valence electrons. The van der Waals surface area contributed by atoms with Crippen LogP contribution < -0.4 is 10.3 Å². The molecule has 2 aromatic heterocycles. The summed E-state index contributed by atoms with van der Waals surface area (Å²) < 4.78 is 48.1. The van der Waals surface area contributed by atoms with Crippen molar-refractivity contribution < 1.29 is 27.5 Å². The van der Waals surface area contributed by atoms with Crippen molar-refractivity contribution in [3.63, 3.8) is 0 Å². The first-order valence-corrected chi connectivity index (χ1v) is 9.12. The van der Waals surface area contributed by atoms with Crippen LogP contribution in [0.15, 0.2) is 54.9 Å². The third-order valence-corrected chi connectivity index (χ3v) is 4.42. The van der Waals surface area contributed by atoms with E-state index in [2.05, 4.69) is 15.0 Å². The minimum atomic E-state index is -2.45. The molecule has 0 saturated heterocycles. The number of aromatic nitrogens is 4. The molecule has 0 spiro atoms. The zero-order valence-corrected chi connectivity index (χ0v) is 15.1. The number of ether oxygens (including phenoxy) is 2. The van der Waals surface area contributed by atoms with Crippen LogP contribution in [0.5, 0.6) is 5.75 Å². The zero-order valence-electron chi connectivity index (χ0n) is 14.2. The van der Waals surface area contributed by atoms with Crippen molar-refractivity contribution >= 4 is 25.2 Å². The van der Waals surface area contributed by atoms with Crippen LogP contribution in [0.1, 0.15) is 6.23 Å². The Morgan fingerprint density at radius 1 is 1.25 bits per heavy atom. The lowest BCUT2D eigenvalue weighted by molar-refractivity contribution is -0.167. The third-order valence-electron chi connectivity index (χ3n) is 3.75. The van der Waals surface area contributed by atoms with Gasteiger partial charge in [0.1, 0.15) is 11.8 Å². The van der Waals surface area contributed by atoms with Crippen LogP contribution in [0, 0.1) is 0 Å². The molecule has 1 aromatic carbocycles. The van der Waals surface area contributed by atoms with Crippen LogP contribution >= 0.6 is 8.25 Å². The van der Waals surface area contributed by atoms with Crippen molar-refractivity contribution in [2.75, 3.05) is 12.5 Å².